The van der Waals surface area contributed by atoms with Crippen molar-refractivity contribution in [1.82, 2.24) is 0 Å². The van der Waals surface area contributed by atoms with Crippen LogP contribution in [-0.2, 0) is 6.42 Å². The van der Waals surface area contributed by atoms with Gasteiger partial charge in [-0.05, 0) is 101 Å². The third-order valence-electron chi connectivity index (χ3n) is 6.56. The van der Waals surface area contributed by atoms with Crippen molar-refractivity contribution in [1.29, 1.82) is 0 Å². The summed E-state index contributed by atoms with van der Waals surface area (Å²) in [4.78, 5) is 0. The Bertz CT molecular complexity index is 592. The van der Waals surface area contributed by atoms with Crippen LogP contribution in [0.2, 0.25) is 0 Å². The fourth-order valence-corrected chi connectivity index (χ4v) is 4.62. The molecular weight excluding hydrogens is 332 g/mol. The van der Waals surface area contributed by atoms with E-state index in [0.717, 1.165) is 38.0 Å². The van der Waals surface area contributed by atoms with Crippen molar-refractivity contribution in [3.63, 3.8) is 0 Å². The molecule has 0 spiro atoms. The minimum Gasteiger partial charge on any atom is -0.472 e. The fraction of sp³-hybridized carbons (Fsp3) is 0.680. The molecule has 1 heterocycles. The summed E-state index contributed by atoms with van der Waals surface area (Å²) in [6.45, 7) is 9.77. The molecule has 0 saturated heterocycles. The average Bonchev–Trinajstić information content (AvgIpc) is 3.13. The molecule has 0 aliphatic heterocycles. The number of aliphatic hydroxyl groups is 1. The van der Waals surface area contributed by atoms with Gasteiger partial charge in [0.25, 0.3) is 0 Å². The zero-order valence-corrected chi connectivity index (χ0v) is 18.0. The molecule has 0 fully saturated rings. The third-order valence-corrected chi connectivity index (χ3v) is 6.56. The van der Waals surface area contributed by atoms with Crippen LogP contribution in [0.1, 0.15) is 84.6 Å². The van der Waals surface area contributed by atoms with E-state index in [1.165, 1.54) is 36.8 Å². The van der Waals surface area contributed by atoms with E-state index in [-0.39, 0.29) is 0 Å². The molecule has 1 aliphatic carbocycles. The highest BCUT2D eigenvalue weighted by atomic mass is 16.3. The van der Waals surface area contributed by atoms with Crippen LogP contribution in [0.3, 0.4) is 0 Å². The largest absolute Gasteiger partial charge is 0.472 e. The molecule has 1 aromatic heterocycles. The first-order valence-electron chi connectivity index (χ1n) is 10.9. The van der Waals surface area contributed by atoms with Crippen LogP contribution in [-0.4, -0.2) is 11.7 Å². The molecule has 0 aromatic carbocycles. The summed E-state index contributed by atoms with van der Waals surface area (Å²) >= 11 is 0. The van der Waals surface area contributed by atoms with Gasteiger partial charge in [0, 0.05) is 6.61 Å². The van der Waals surface area contributed by atoms with E-state index in [0.29, 0.717) is 17.9 Å². The topological polar surface area (TPSA) is 33.4 Å². The van der Waals surface area contributed by atoms with E-state index < -0.39 is 0 Å². The Labute approximate surface area is 166 Å². The van der Waals surface area contributed by atoms with Crippen molar-refractivity contribution < 1.29 is 9.52 Å². The summed E-state index contributed by atoms with van der Waals surface area (Å²) in [6.07, 6.45) is 18.9. The second kappa shape index (κ2) is 10.9. The van der Waals surface area contributed by atoms with Gasteiger partial charge in [0.05, 0.1) is 12.5 Å². The molecular formula is C25H40O2. The number of rotatable bonds is 11. The number of hydrogen-bond acceptors (Lipinski definition) is 2. The normalized spacial score (nSPS) is 21.1. The van der Waals surface area contributed by atoms with Gasteiger partial charge in [-0.1, -0.05) is 37.1 Å². The number of aryl methyl sites for hydroxylation is 1. The zero-order valence-electron chi connectivity index (χ0n) is 18.0. The number of aliphatic hydroxyl groups excluding tert-OH is 1. The number of furan rings is 1. The maximum atomic E-state index is 9.66. The van der Waals surface area contributed by atoms with Crippen LogP contribution in [0, 0.1) is 17.3 Å². The van der Waals surface area contributed by atoms with Gasteiger partial charge in [-0.25, -0.2) is 0 Å². The predicted octanol–water partition coefficient (Wildman–Crippen LogP) is 7.10. The minimum absolute atomic E-state index is 0.304. The molecule has 2 heteroatoms. The second-order valence-corrected chi connectivity index (χ2v) is 9.27. The van der Waals surface area contributed by atoms with Crippen molar-refractivity contribution in [2.75, 3.05) is 6.61 Å². The van der Waals surface area contributed by atoms with Crippen molar-refractivity contribution in [3.8, 4) is 0 Å². The highest BCUT2D eigenvalue weighted by Gasteiger charge is 2.32. The molecule has 2 nitrogen and oxygen atoms in total. The molecule has 0 saturated carbocycles. The van der Waals surface area contributed by atoms with Crippen molar-refractivity contribution in [2.45, 2.75) is 85.5 Å². The molecule has 0 radical (unpaired) electrons. The first kappa shape index (κ1) is 22.0. The lowest BCUT2D eigenvalue weighted by molar-refractivity contribution is 0.204. The summed E-state index contributed by atoms with van der Waals surface area (Å²) in [5, 5.41) is 9.66. The van der Waals surface area contributed by atoms with E-state index in [4.69, 9.17) is 4.42 Å². The number of allylic oxidation sites excluding steroid dienone is 4. The molecule has 0 amide bonds. The van der Waals surface area contributed by atoms with E-state index in [2.05, 4.69) is 39.8 Å². The monoisotopic (exact) mass is 372 g/mol. The molecule has 1 aromatic rings. The molecule has 0 bridgehead atoms. The Morgan fingerprint density at radius 1 is 1.37 bits per heavy atom. The summed E-state index contributed by atoms with van der Waals surface area (Å²) in [5.74, 6) is 1.14. The van der Waals surface area contributed by atoms with Crippen LogP contribution >= 0.6 is 0 Å². The highest BCUT2D eigenvalue weighted by Crippen LogP contribution is 2.43. The maximum absolute atomic E-state index is 9.66. The van der Waals surface area contributed by atoms with E-state index in [9.17, 15) is 5.11 Å². The standard InChI is InChI=1S/C25H40O2/c1-20(13-14-24-21(2)9-7-16-25(24,3)4)8-5-10-22(18-26)11-6-12-23-15-17-27-19-23/h8-9,15,17,19,22,24,26H,5-7,10-14,16,18H2,1-4H3/t22-,24+/m0/s1. The van der Waals surface area contributed by atoms with Crippen LogP contribution < -0.4 is 0 Å². The molecule has 2 rings (SSSR count). The SMILES string of the molecule is CC(=CCC[C@H](CO)CCCc1ccoc1)CC[C@@H]1C(C)=CCCC1(C)C. The van der Waals surface area contributed by atoms with E-state index >= 15 is 0 Å². The zero-order chi connectivity index (χ0) is 19.7. The molecule has 152 valence electrons. The molecule has 27 heavy (non-hydrogen) atoms. The van der Waals surface area contributed by atoms with Gasteiger partial charge >= 0.3 is 0 Å². The van der Waals surface area contributed by atoms with Crippen LogP contribution in [0.25, 0.3) is 0 Å². The van der Waals surface area contributed by atoms with Crippen molar-refractivity contribution in [3.05, 3.63) is 47.5 Å². The lowest BCUT2D eigenvalue weighted by atomic mass is 9.67. The Morgan fingerprint density at radius 3 is 2.85 bits per heavy atom. The van der Waals surface area contributed by atoms with E-state index in [1.807, 2.05) is 12.3 Å². The van der Waals surface area contributed by atoms with E-state index in [1.54, 1.807) is 11.8 Å². The van der Waals surface area contributed by atoms with Crippen LogP contribution in [0.15, 0.2) is 46.3 Å². The average molecular weight is 373 g/mol. The van der Waals surface area contributed by atoms with Gasteiger partial charge in [-0.15, -0.1) is 0 Å². The second-order valence-electron chi connectivity index (χ2n) is 9.27. The smallest absolute Gasteiger partial charge is 0.0934 e. The highest BCUT2D eigenvalue weighted by molar-refractivity contribution is 5.13. The minimum atomic E-state index is 0.304. The first-order chi connectivity index (χ1) is 12.9. The Hall–Kier alpha value is -1.28. The number of hydrogen-bond donors (Lipinski definition) is 1. The quantitative estimate of drug-likeness (QED) is 0.420. The third kappa shape index (κ3) is 7.33. The lowest BCUT2D eigenvalue weighted by Gasteiger charge is -2.38. The summed E-state index contributed by atoms with van der Waals surface area (Å²) in [6, 6.07) is 2.03. The van der Waals surface area contributed by atoms with Gasteiger partial charge in [0.15, 0.2) is 0 Å². The molecule has 1 aliphatic rings. The molecule has 2 atom stereocenters. The Balaban J connectivity index is 1.69. The Morgan fingerprint density at radius 2 is 2.19 bits per heavy atom. The summed E-state index contributed by atoms with van der Waals surface area (Å²) < 4.78 is 5.12. The first-order valence-corrected chi connectivity index (χ1v) is 10.9. The fourth-order valence-electron chi connectivity index (χ4n) is 4.62. The maximum Gasteiger partial charge on any atom is 0.0934 e. The Kier molecular flexibility index (Phi) is 8.89. The molecule has 1 N–H and O–H groups in total. The summed E-state index contributed by atoms with van der Waals surface area (Å²) in [7, 11) is 0. The van der Waals surface area contributed by atoms with Crippen LogP contribution in [0.4, 0.5) is 0 Å². The van der Waals surface area contributed by atoms with Crippen LogP contribution in [0.5, 0.6) is 0 Å². The van der Waals surface area contributed by atoms with Gasteiger partial charge < -0.3 is 9.52 Å². The van der Waals surface area contributed by atoms with Gasteiger partial charge in [0.1, 0.15) is 0 Å². The van der Waals surface area contributed by atoms with Gasteiger partial charge in [0.2, 0.25) is 0 Å². The molecule has 0 unspecified atom stereocenters. The summed E-state index contributed by atoms with van der Waals surface area (Å²) in [5.41, 5.74) is 4.81. The van der Waals surface area contributed by atoms with Crippen molar-refractivity contribution in [2.24, 2.45) is 17.3 Å². The van der Waals surface area contributed by atoms with Crippen molar-refractivity contribution >= 4 is 0 Å². The lowest BCUT2D eigenvalue weighted by Crippen LogP contribution is -2.27. The van der Waals surface area contributed by atoms with Gasteiger partial charge in [-0.3, -0.25) is 0 Å². The predicted molar refractivity (Wildman–Crippen MR) is 115 cm³/mol. The van der Waals surface area contributed by atoms with Gasteiger partial charge in [-0.2, -0.15) is 0 Å².